The van der Waals surface area contributed by atoms with Crippen LogP contribution in [0.25, 0.3) is 11.3 Å². The quantitative estimate of drug-likeness (QED) is 0.339. The number of aromatic nitrogens is 3. The van der Waals surface area contributed by atoms with Crippen LogP contribution < -0.4 is 20.1 Å². The van der Waals surface area contributed by atoms with Crippen LogP contribution in [0.5, 0.6) is 11.5 Å². The molecule has 1 aliphatic heterocycles. The lowest BCUT2D eigenvalue weighted by Gasteiger charge is -2.17. The fourth-order valence-corrected chi connectivity index (χ4v) is 4.28. The van der Waals surface area contributed by atoms with E-state index in [0.29, 0.717) is 57.7 Å². The number of hydrogen-bond acceptors (Lipinski definition) is 6. The minimum atomic E-state index is -0.458. The molecule has 0 atom stereocenters. The zero-order valence-electron chi connectivity index (χ0n) is 18.7. The van der Waals surface area contributed by atoms with Gasteiger partial charge < -0.3 is 25.1 Å². The first-order valence-corrected chi connectivity index (χ1v) is 11.2. The van der Waals surface area contributed by atoms with E-state index in [1.165, 1.54) is 25.4 Å². The number of amides is 1. The number of methoxy groups -OCH3 is 1. The van der Waals surface area contributed by atoms with Gasteiger partial charge in [-0.1, -0.05) is 17.7 Å². The smallest absolute Gasteiger partial charge is 0.255 e. The molecule has 0 fully saturated rings. The first-order chi connectivity index (χ1) is 17.1. The van der Waals surface area contributed by atoms with Crippen molar-refractivity contribution in [1.29, 1.82) is 0 Å². The van der Waals surface area contributed by atoms with E-state index in [4.69, 9.17) is 21.1 Å². The van der Waals surface area contributed by atoms with Crippen molar-refractivity contribution in [3.63, 3.8) is 0 Å². The van der Waals surface area contributed by atoms with Crippen molar-refractivity contribution >= 4 is 28.9 Å². The van der Waals surface area contributed by atoms with Crippen LogP contribution in [0.3, 0.4) is 0 Å². The van der Waals surface area contributed by atoms with Gasteiger partial charge in [-0.15, -0.1) is 0 Å². The zero-order valence-corrected chi connectivity index (χ0v) is 19.4. The number of carbonyl (C=O) groups excluding carboxylic acids is 1. The summed E-state index contributed by atoms with van der Waals surface area (Å²) in [6, 6.07) is 9.92. The Morgan fingerprint density at radius 2 is 2.09 bits per heavy atom. The van der Waals surface area contributed by atoms with Gasteiger partial charge in [0.25, 0.3) is 5.91 Å². The summed E-state index contributed by atoms with van der Waals surface area (Å²) in [7, 11) is 1.53. The predicted octanol–water partition coefficient (Wildman–Crippen LogP) is 4.88. The third-order valence-corrected chi connectivity index (χ3v) is 5.95. The van der Waals surface area contributed by atoms with Crippen LogP contribution in [0, 0.1) is 5.82 Å². The number of anilines is 2. The van der Waals surface area contributed by atoms with Crippen LogP contribution in [0.1, 0.15) is 21.7 Å². The molecule has 8 nitrogen and oxygen atoms in total. The fourth-order valence-electron chi connectivity index (χ4n) is 4.03. The summed E-state index contributed by atoms with van der Waals surface area (Å²) >= 11 is 6.32. The highest BCUT2D eigenvalue weighted by atomic mass is 35.5. The van der Waals surface area contributed by atoms with Gasteiger partial charge in [-0.2, -0.15) is 0 Å². The molecule has 1 aliphatic rings. The summed E-state index contributed by atoms with van der Waals surface area (Å²) in [6.45, 7) is 0.432. The Kier molecular flexibility index (Phi) is 6.24. The summed E-state index contributed by atoms with van der Waals surface area (Å²) < 4.78 is 25.5. The van der Waals surface area contributed by atoms with Crippen molar-refractivity contribution in [3.8, 4) is 22.8 Å². The van der Waals surface area contributed by atoms with Gasteiger partial charge in [-0.25, -0.2) is 4.39 Å². The van der Waals surface area contributed by atoms with E-state index in [-0.39, 0.29) is 18.2 Å². The van der Waals surface area contributed by atoms with Crippen LogP contribution in [-0.4, -0.2) is 34.5 Å². The molecule has 0 radical (unpaired) electrons. The van der Waals surface area contributed by atoms with Crippen molar-refractivity contribution in [2.24, 2.45) is 0 Å². The molecule has 178 valence electrons. The van der Waals surface area contributed by atoms with Crippen molar-refractivity contribution in [2.45, 2.75) is 13.0 Å². The number of ether oxygens (including phenoxy) is 2. The Morgan fingerprint density at radius 3 is 2.91 bits per heavy atom. The highest BCUT2D eigenvalue weighted by molar-refractivity contribution is 6.32. The van der Waals surface area contributed by atoms with Gasteiger partial charge >= 0.3 is 0 Å². The fraction of sp³-hybridized carbons (Fsp3) is 0.160. The van der Waals surface area contributed by atoms with Crippen molar-refractivity contribution < 1.29 is 18.7 Å². The number of hydrogen-bond donors (Lipinski definition) is 3. The monoisotopic (exact) mass is 493 g/mol. The maximum absolute atomic E-state index is 14.1. The van der Waals surface area contributed by atoms with Crippen LogP contribution in [0.15, 0.2) is 55.0 Å². The summed E-state index contributed by atoms with van der Waals surface area (Å²) in [5, 5.41) is 6.65. The molecule has 1 aromatic carbocycles. The third kappa shape index (κ3) is 4.38. The van der Waals surface area contributed by atoms with Crippen LogP contribution in [0.2, 0.25) is 5.02 Å². The number of para-hydroxylation sites is 1. The van der Waals surface area contributed by atoms with Crippen molar-refractivity contribution in [3.05, 3.63) is 82.8 Å². The number of nitrogens with zero attached hydrogens (tertiary/aromatic N) is 2. The van der Waals surface area contributed by atoms with E-state index in [2.05, 4.69) is 25.6 Å². The highest BCUT2D eigenvalue weighted by Gasteiger charge is 2.29. The molecule has 4 heterocycles. The molecular formula is C25H21ClFN5O3. The van der Waals surface area contributed by atoms with Gasteiger partial charge in [0.1, 0.15) is 23.9 Å². The van der Waals surface area contributed by atoms with Gasteiger partial charge in [0, 0.05) is 36.6 Å². The molecule has 35 heavy (non-hydrogen) atoms. The van der Waals surface area contributed by atoms with E-state index in [0.717, 1.165) is 5.69 Å². The second-order valence-corrected chi connectivity index (χ2v) is 8.18. The van der Waals surface area contributed by atoms with Gasteiger partial charge in [0.05, 0.1) is 41.0 Å². The van der Waals surface area contributed by atoms with E-state index >= 15 is 0 Å². The molecule has 5 rings (SSSR count). The molecule has 4 aromatic rings. The Labute approximate surface area is 205 Å². The maximum atomic E-state index is 14.1. The van der Waals surface area contributed by atoms with E-state index in [1.807, 2.05) is 6.07 Å². The molecular weight excluding hydrogens is 473 g/mol. The molecule has 0 unspecified atom stereocenters. The number of nitrogens with one attached hydrogen (secondary N) is 3. The largest absolute Gasteiger partial charge is 0.493 e. The number of pyridine rings is 2. The summed E-state index contributed by atoms with van der Waals surface area (Å²) in [5.74, 6) is 0.186. The van der Waals surface area contributed by atoms with E-state index < -0.39 is 5.82 Å². The van der Waals surface area contributed by atoms with E-state index in [9.17, 15) is 9.18 Å². The Balaban J connectivity index is 1.59. The molecule has 3 aromatic heterocycles. The molecule has 0 saturated carbocycles. The molecule has 1 amide bonds. The molecule has 0 saturated heterocycles. The van der Waals surface area contributed by atoms with Gasteiger partial charge in [0.2, 0.25) is 0 Å². The minimum Gasteiger partial charge on any atom is -0.493 e. The predicted molar refractivity (Wildman–Crippen MR) is 130 cm³/mol. The van der Waals surface area contributed by atoms with Gasteiger partial charge in [0.15, 0.2) is 5.75 Å². The molecule has 10 heteroatoms. The first-order valence-electron chi connectivity index (χ1n) is 10.9. The number of rotatable bonds is 7. The Bertz CT molecular complexity index is 1410. The average Bonchev–Trinajstić information content (AvgIpc) is 3.23. The number of aromatic amines is 1. The average molecular weight is 494 g/mol. The SMILES string of the molecule is COc1c(Cl)cccc1Nc1c(-c2ccncc2OCc2ncccc2F)[nH]c2c1C(=O)NCC2. The standard InChI is InChI=1S/C25H21ClFN5O3/c1-34-24-15(26)4-2-6-18(24)32-23-21-17(8-11-30-25(21)33)31-22(23)14-7-10-28-12-20(14)35-13-19-16(27)5-3-9-29-19/h2-7,9-10,12,31-32H,8,11,13H2,1H3,(H,30,33). The van der Waals surface area contributed by atoms with Crippen LogP contribution >= 0.6 is 11.6 Å². The number of H-pyrrole nitrogens is 1. The number of fused-ring (bicyclic) bond motifs is 1. The second kappa shape index (κ2) is 9.63. The topological polar surface area (TPSA) is 101 Å². The lowest BCUT2D eigenvalue weighted by Crippen LogP contribution is -2.31. The van der Waals surface area contributed by atoms with Crippen LogP contribution in [-0.2, 0) is 13.0 Å². The molecule has 0 bridgehead atoms. The summed E-state index contributed by atoms with van der Waals surface area (Å²) in [4.78, 5) is 24.5. The van der Waals surface area contributed by atoms with Gasteiger partial charge in [-0.3, -0.25) is 14.8 Å². The second-order valence-electron chi connectivity index (χ2n) is 7.77. The number of halogens is 2. The lowest BCUT2D eigenvalue weighted by atomic mass is 10.0. The van der Waals surface area contributed by atoms with E-state index in [1.54, 1.807) is 30.6 Å². The maximum Gasteiger partial charge on any atom is 0.255 e. The minimum absolute atomic E-state index is 0.0862. The zero-order chi connectivity index (χ0) is 24.4. The number of carbonyl (C=O) groups is 1. The van der Waals surface area contributed by atoms with Crippen LogP contribution in [0.4, 0.5) is 15.8 Å². The third-order valence-electron chi connectivity index (χ3n) is 5.65. The molecule has 0 aliphatic carbocycles. The molecule has 3 N–H and O–H groups in total. The summed E-state index contributed by atoms with van der Waals surface area (Å²) in [5.41, 5.74) is 3.84. The lowest BCUT2D eigenvalue weighted by molar-refractivity contribution is 0.0947. The van der Waals surface area contributed by atoms with Gasteiger partial charge in [-0.05, 0) is 30.3 Å². The Morgan fingerprint density at radius 1 is 1.20 bits per heavy atom. The van der Waals surface area contributed by atoms with Crippen molar-refractivity contribution in [2.75, 3.05) is 19.0 Å². The first kappa shape index (κ1) is 22.7. The Hall–Kier alpha value is -4.11. The normalized spacial score (nSPS) is 12.6. The molecule has 0 spiro atoms. The number of benzene rings is 1. The van der Waals surface area contributed by atoms with Crippen molar-refractivity contribution in [1.82, 2.24) is 20.3 Å². The summed E-state index contributed by atoms with van der Waals surface area (Å²) in [6.07, 6.45) is 5.29. The highest BCUT2D eigenvalue weighted by Crippen LogP contribution is 2.42.